The van der Waals surface area contributed by atoms with Gasteiger partial charge in [0, 0.05) is 18.1 Å². The van der Waals surface area contributed by atoms with Crippen molar-refractivity contribution in [3.05, 3.63) is 28.8 Å². The molecule has 0 unspecified atom stereocenters. The molecular formula is C16H24Cl2N2O2. The second-order valence-corrected chi connectivity index (χ2v) is 5.91. The Kier molecular flexibility index (Phi) is 8.01. The molecule has 124 valence electrons. The van der Waals surface area contributed by atoms with Crippen LogP contribution in [0, 0.1) is 5.92 Å². The smallest absolute Gasteiger partial charge is 0.257 e. The van der Waals surface area contributed by atoms with E-state index in [2.05, 4.69) is 5.32 Å². The second kappa shape index (κ2) is 9.23. The Bertz CT molecular complexity index is 489. The summed E-state index contributed by atoms with van der Waals surface area (Å²) in [6.07, 6.45) is 3.33. The minimum Gasteiger partial charge on any atom is -0.496 e. The van der Waals surface area contributed by atoms with Crippen LogP contribution in [0.25, 0.3) is 0 Å². The molecule has 2 rings (SSSR count). The van der Waals surface area contributed by atoms with Gasteiger partial charge in [-0.1, -0.05) is 11.6 Å². The van der Waals surface area contributed by atoms with Crippen molar-refractivity contribution in [3.63, 3.8) is 0 Å². The second-order valence-electron chi connectivity index (χ2n) is 5.47. The van der Waals surface area contributed by atoms with Crippen molar-refractivity contribution in [1.29, 1.82) is 0 Å². The lowest BCUT2D eigenvalue weighted by molar-refractivity contribution is 0.0684. The number of piperidine rings is 1. The molecule has 1 aliphatic heterocycles. The molecule has 22 heavy (non-hydrogen) atoms. The highest BCUT2D eigenvalue weighted by Crippen LogP contribution is 2.27. The average Bonchev–Trinajstić information content (AvgIpc) is 2.52. The van der Waals surface area contributed by atoms with Crippen molar-refractivity contribution in [3.8, 4) is 5.75 Å². The molecule has 1 amide bonds. The number of likely N-dealkylation sites (tertiary alicyclic amines) is 1. The lowest BCUT2D eigenvalue weighted by Crippen LogP contribution is -2.39. The number of ether oxygens (including phenoxy) is 1. The van der Waals surface area contributed by atoms with Crippen molar-refractivity contribution in [2.24, 2.45) is 5.92 Å². The van der Waals surface area contributed by atoms with E-state index < -0.39 is 0 Å². The molecule has 1 saturated heterocycles. The molecule has 0 radical (unpaired) electrons. The molecule has 0 saturated carbocycles. The highest BCUT2D eigenvalue weighted by molar-refractivity contribution is 6.30. The quantitative estimate of drug-likeness (QED) is 0.889. The number of benzene rings is 1. The van der Waals surface area contributed by atoms with Gasteiger partial charge in [0.25, 0.3) is 5.91 Å². The van der Waals surface area contributed by atoms with Crippen LogP contribution in [0.15, 0.2) is 18.2 Å². The fourth-order valence-corrected chi connectivity index (χ4v) is 2.95. The third kappa shape index (κ3) is 4.77. The summed E-state index contributed by atoms with van der Waals surface area (Å²) in [6.45, 7) is 2.68. The van der Waals surface area contributed by atoms with Crippen molar-refractivity contribution in [2.75, 3.05) is 33.8 Å². The molecule has 1 aliphatic rings. The molecule has 0 aromatic heterocycles. The Morgan fingerprint density at radius 1 is 1.41 bits per heavy atom. The van der Waals surface area contributed by atoms with E-state index in [-0.39, 0.29) is 18.3 Å². The number of hydrogen-bond acceptors (Lipinski definition) is 3. The normalized spacial score (nSPS) is 15.3. The van der Waals surface area contributed by atoms with Gasteiger partial charge < -0.3 is 15.0 Å². The molecule has 1 heterocycles. The van der Waals surface area contributed by atoms with Gasteiger partial charge in [-0.15, -0.1) is 12.4 Å². The Morgan fingerprint density at radius 3 is 2.68 bits per heavy atom. The van der Waals surface area contributed by atoms with E-state index in [1.807, 2.05) is 11.9 Å². The number of nitrogens with one attached hydrogen (secondary N) is 1. The van der Waals surface area contributed by atoms with E-state index in [9.17, 15) is 4.79 Å². The van der Waals surface area contributed by atoms with Crippen molar-refractivity contribution in [2.45, 2.75) is 19.3 Å². The fraction of sp³-hybridized carbons (Fsp3) is 0.562. The maximum atomic E-state index is 12.6. The Labute approximate surface area is 143 Å². The lowest BCUT2D eigenvalue weighted by atomic mass is 9.93. The van der Waals surface area contributed by atoms with Crippen LogP contribution in [0.5, 0.6) is 5.75 Å². The highest BCUT2D eigenvalue weighted by Gasteiger charge is 2.25. The zero-order valence-corrected chi connectivity index (χ0v) is 14.7. The zero-order valence-electron chi connectivity index (χ0n) is 13.1. The van der Waals surface area contributed by atoms with Crippen LogP contribution in [0.3, 0.4) is 0 Å². The Hall–Kier alpha value is -0.970. The van der Waals surface area contributed by atoms with Crippen molar-refractivity contribution < 1.29 is 9.53 Å². The highest BCUT2D eigenvalue weighted by atomic mass is 35.5. The van der Waals surface area contributed by atoms with Gasteiger partial charge in [0.1, 0.15) is 5.75 Å². The molecule has 0 atom stereocenters. The summed E-state index contributed by atoms with van der Waals surface area (Å²) in [5.41, 5.74) is 0.593. The first-order valence-corrected chi connectivity index (χ1v) is 7.81. The number of carbonyl (C=O) groups is 1. The van der Waals surface area contributed by atoms with Crippen LogP contribution >= 0.6 is 24.0 Å². The van der Waals surface area contributed by atoms with E-state index in [0.29, 0.717) is 22.3 Å². The van der Waals surface area contributed by atoms with Crippen LogP contribution in [-0.4, -0.2) is 44.6 Å². The van der Waals surface area contributed by atoms with Crippen molar-refractivity contribution in [1.82, 2.24) is 10.2 Å². The molecule has 4 nitrogen and oxygen atoms in total. The number of amides is 1. The molecule has 0 spiro atoms. The first-order valence-electron chi connectivity index (χ1n) is 7.43. The van der Waals surface area contributed by atoms with Gasteiger partial charge in [-0.3, -0.25) is 4.79 Å². The van der Waals surface area contributed by atoms with Gasteiger partial charge >= 0.3 is 0 Å². The molecule has 0 bridgehead atoms. The van der Waals surface area contributed by atoms with E-state index in [1.54, 1.807) is 25.3 Å². The number of nitrogens with zero attached hydrogens (tertiary/aromatic N) is 1. The van der Waals surface area contributed by atoms with E-state index in [0.717, 1.165) is 32.5 Å². The van der Waals surface area contributed by atoms with Crippen LogP contribution in [0.2, 0.25) is 5.02 Å². The molecule has 1 aromatic rings. The van der Waals surface area contributed by atoms with E-state index >= 15 is 0 Å². The Balaban J connectivity index is 0.00000242. The van der Waals surface area contributed by atoms with Crippen molar-refractivity contribution >= 4 is 29.9 Å². The summed E-state index contributed by atoms with van der Waals surface area (Å²) in [4.78, 5) is 14.5. The predicted octanol–water partition coefficient (Wildman–Crippen LogP) is 3.23. The first-order chi connectivity index (χ1) is 10.2. The van der Waals surface area contributed by atoms with Crippen LogP contribution < -0.4 is 10.1 Å². The zero-order chi connectivity index (χ0) is 15.2. The van der Waals surface area contributed by atoms with E-state index in [4.69, 9.17) is 16.3 Å². The third-order valence-electron chi connectivity index (χ3n) is 4.10. The molecule has 6 heteroatoms. The standard InChI is InChI=1S/C16H23ClN2O2.ClH/c1-18-8-5-12-6-9-19(10-7-12)16(20)14-4-3-13(17)11-15(14)21-2;/h3-4,11-12,18H,5-10H2,1-2H3;1H. The summed E-state index contributed by atoms with van der Waals surface area (Å²) in [5, 5.41) is 3.76. The SMILES string of the molecule is CNCCC1CCN(C(=O)c2ccc(Cl)cc2OC)CC1.Cl. The largest absolute Gasteiger partial charge is 0.496 e. The lowest BCUT2D eigenvalue weighted by Gasteiger charge is -2.32. The van der Waals surface area contributed by atoms with Gasteiger partial charge in [-0.25, -0.2) is 0 Å². The molecule has 1 N–H and O–H groups in total. The van der Waals surface area contributed by atoms with Gasteiger partial charge in [0.2, 0.25) is 0 Å². The maximum Gasteiger partial charge on any atom is 0.257 e. The topological polar surface area (TPSA) is 41.6 Å². The van der Waals surface area contributed by atoms with Gasteiger partial charge in [0.05, 0.1) is 12.7 Å². The molecule has 1 fully saturated rings. The molecular weight excluding hydrogens is 323 g/mol. The minimum absolute atomic E-state index is 0. The van der Waals surface area contributed by atoms with Crippen LogP contribution in [0.1, 0.15) is 29.6 Å². The summed E-state index contributed by atoms with van der Waals surface area (Å²) in [7, 11) is 3.54. The average molecular weight is 347 g/mol. The predicted molar refractivity (Wildman–Crippen MR) is 92.4 cm³/mol. The number of carbonyl (C=O) groups excluding carboxylic acids is 1. The summed E-state index contributed by atoms with van der Waals surface area (Å²) < 4.78 is 5.27. The summed E-state index contributed by atoms with van der Waals surface area (Å²) >= 11 is 5.94. The maximum absolute atomic E-state index is 12.6. The monoisotopic (exact) mass is 346 g/mol. The summed E-state index contributed by atoms with van der Waals surface area (Å²) in [5.74, 6) is 1.30. The number of methoxy groups -OCH3 is 1. The third-order valence-corrected chi connectivity index (χ3v) is 4.33. The number of rotatable bonds is 5. The Morgan fingerprint density at radius 2 is 2.09 bits per heavy atom. The fourth-order valence-electron chi connectivity index (χ4n) is 2.79. The minimum atomic E-state index is 0. The van der Waals surface area contributed by atoms with Gasteiger partial charge in [-0.05, 0) is 57.0 Å². The number of halogens is 2. The molecule has 0 aliphatic carbocycles. The summed E-state index contributed by atoms with van der Waals surface area (Å²) in [6, 6.07) is 5.17. The molecule has 1 aromatic carbocycles. The van der Waals surface area contributed by atoms with E-state index in [1.165, 1.54) is 6.42 Å². The van der Waals surface area contributed by atoms with Crippen LogP contribution in [-0.2, 0) is 0 Å². The van der Waals surface area contributed by atoms with Gasteiger partial charge in [-0.2, -0.15) is 0 Å². The first kappa shape index (κ1) is 19.1. The number of hydrogen-bond donors (Lipinski definition) is 1. The van der Waals surface area contributed by atoms with Crippen LogP contribution in [0.4, 0.5) is 0 Å². The van der Waals surface area contributed by atoms with Gasteiger partial charge in [0.15, 0.2) is 0 Å².